The molecule has 3 aromatic rings. The summed E-state index contributed by atoms with van der Waals surface area (Å²) in [6.45, 7) is 3.30. The van der Waals surface area contributed by atoms with Crippen LogP contribution in [0.25, 0.3) is 5.52 Å². The molecule has 0 aromatic carbocycles. The molecule has 0 bridgehead atoms. The third kappa shape index (κ3) is 3.32. The van der Waals surface area contributed by atoms with Crippen LogP contribution in [0.5, 0.6) is 0 Å². The highest BCUT2D eigenvalue weighted by Gasteiger charge is 2.30. The molecule has 1 amide bonds. The van der Waals surface area contributed by atoms with Crippen LogP contribution >= 0.6 is 0 Å². The summed E-state index contributed by atoms with van der Waals surface area (Å²) in [5.74, 6) is 0.657. The van der Waals surface area contributed by atoms with Crippen LogP contribution in [0, 0.1) is 0 Å². The van der Waals surface area contributed by atoms with Gasteiger partial charge in [-0.1, -0.05) is 12.1 Å². The van der Waals surface area contributed by atoms with Crippen molar-refractivity contribution < 1.29 is 9.53 Å². The van der Waals surface area contributed by atoms with Crippen molar-refractivity contribution >= 4 is 11.4 Å². The number of aromatic nitrogens is 3. The second-order valence-electron chi connectivity index (χ2n) is 6.96. The highest BCUT2D eigenvalue weighted by Crippen LogP contribution is 2.24. The standard InChI is InChI=1S/C20H22N4O2/c1-20(8-5-11-26-20)14-22-19(25)18-16-7-2-3-10-24(16)17(23-18)12-15-6-4-9-21-13-15/h2-4,6-7,9-10,13H,5,8,11-12,14H2,1H3,(H,22,25). The molecule has 1 N–H and O–H groups in total. The number of pyridine rings is 2. The molecule has 1 unspecified atom stereocenters. The number of amides is 1. The van der Waals surface area contributed by atoms with E-state index in [9.17, 15) is 4.79 Å². The van der Waals surface area contributed by atoms with Crippen molar-refractivity contribution in [2.75, 3.05) is 13.2 Å². The van der Waals surface area contributed by atoms with E-state index in [0.29, 0.717) is 18.7 Å². The minimum Gasteiger partial charge on any atom is -0.373 e. The summed E-state index contributed by atoms with van der Waals surface area (Å²) in [6, 6.07) is 9.69. The predicted molar refractivity (Wildman–Crippen MR) is 98.2 cm³/mol. The van der Waals surface area contributed by atoms with Gasteiger partial charge in [0.05, 0.1) is 11.1 Å². The normalized spacial score (nSPS) is 19.7. The number of ether oxygens (including phenoxy) is 1. The third-order valence-corrected chi connectivity index (χ3v) is 4.84. The number of hydrogen-bond acceptors (Lipinski definition) is 4. The van der Waals surface area contributed by atoms with Gasteiger partial charge in [-0.2, -0.15) is 0 Å². The van der Waals surface area contributed by atoms with E-state index in [1.165, 1.54) is 0 Å². The predicted octanol–water partition coefficient (Wildman–Crippen LogP) is 2.62. The van der Waals surface area contributed by atoms with Gasteiger partial charge in [0.25, 0.3) is 5.91 Å². The minimum absolute atomic E-state index is 0.164. The second kappa shape index (κ2) is 6.88. The summed E-state index contributed by atoms with van der Waals surface area (Å²) in [5, 5.41) is 3.00. The molecule has 0 radical (unpaired) electrons. The maximum absolute atomic E-state index is 12.8. The van der Waals surface area contributed by atoms with Gasteiger partial charge in [-0.3, -0.25) is 9.78 Å². The molecule has 6 nitrogen and oxygen atoms in total. The number of imidazole rings is 1. The van der Waals surface area contributed by atoms with Crippen LogP contribution in [-0.2, 0) is 11.2 Å². The Kier molecular flexibility index (Phi) is 4.42. The van der Waals surface area contributed by atoms with Gasteiger partial charge in [-0.15, -0.1) is 0 Å². The number of rotatable bonds is 5. The molecular formula is C20H22N4O2. The molecule has 4 heterocycles. The van der Waals surface area contributed by atoms with Gasteiger partial charge in [0.15, 0.2) is 5.69 Å². The largest absolute Gasteiger partial charge is 0.373 e. The molecule has 0 spiro atoms. The summed E-state index contributed by atoms with van der Waals surface area (Å²) >= 11 is 0. The lowest BCUT2D eigenvalue weighted by atomic mass is 10.0. The van der Waals surface area contributed by atoms with E-state index in [4.69, 9.17) is 4.74 Å². The van der Waals surface area contributed by atoms with Crippen LogP contribution in [0.4, 0.5) is 0 Å². The summed E-state index contributed by atoms with van der Waals surface area (Å²) in [6.07, 6.45) is 8.12. The molecule has 3 aromatic heterocycles. The lowest BCUT2D eigenvalue weighted by molar-refractivity contribution is 0.0205. The molecule has 1 aliphatic heterocycles. The fraction of sp³-hybridized carbons (Fsp3) is 0.350. The molecule has 4 rings (SSSR count). The average molecular weight is 350 g/mol. The van der Waals surface area contributed by atoms with Crippen LogP contribution < -0.4 is 5.32 Å². The van der Waals surface area contributed by atoms with Crippen LogP contribution in [0.1, 0.15) is 41.6 Å². The molecule has 26 heavy (non-hydrogen) atoms. The third-order valence-electron chi connectivity index (χ3n) is 4.84. The minimum atomic E-state index is -0.274. The molecule has 1 saturated heterocycles. The topological polar surface area (TPSA) is 68.5 Å². The van der Waals surface area contributed by atoms with Gasteiger partial charge in [-0.05, 0) is 43.5 Å². The van der Waals surface area contributed by atoms with Gasteiger partial charge in [0, 0.05) is 38.2 Å². The average Bonchev–Trinajstić information content (AvgIpc) is 3.26. The van der Waals surface area contributed by atoms with Crippen LogP contribution in [0.2, 0.25) is 0 Å². The van der Waals surface area contributed by atoms with E-state index in [2.05, 4.69) is 15.3 Å². The molecular weight excluding hydrogens is 328 g/mol. The fourth-order valence-corrected chi connectivity index (χ4v) is 3.41. The fourth-order valence-electron chi connectivity index (χ4n) is 3.41. The highest BCUT2D eigenvalue weighted by molar-refractivity contribution is 5.99. The van der Waals surface area contributed by atoms with Crippen molar-refractivity contribution in [1.29, 1.82) is 0 Å². The van der Waals surface area contributed by atoms with Crippen molar-refractivity contribution in [3.63, 3.8) is 0 Å². The number of nitrogens with one attached hydrogen (secondary N) is 1. The van der Waals surface area contributed by atoms with E-state index < -0.39 is 0 Å². The zero-order valence-electron chi connectivity index (χ0n) is 14.8. The van der Waals surface area contributed by atoms with Gasteiger partial charge in [0.1, 0.15) is 5.82 Å². The summed E-state index contributed by atoms with van der Waals surface area (Å²) in [4.78, 5) is 21.6. The molecule has 1 atom stereocenters. The quantitative estimate of drug-likeness (QED) is 0.768. The molecule has 0 aliphatic carbocycles. The van der Waals surface area contributed by atoms with Gasteiger partial charge < -0.3 is 14.5 Å². The Morgan fingerprint density at radius 1 is 1.35 bits per heavy atom. The van der Waals surface area contributed by atoms with Gasteiger partial charge in [0.2, 0.25) is 0 Å². The van der Waals surface area contributed by atoms with E-state index in [1.807, 2.05) is 54.0 Å². The lowest BCUT2D eigenvalue weighted by Crippen LogP contribution is -2.40. The first-order valence-corrected chi connectivity index (χ1v) is 8.92. The maximum Gasteiger partial charge on any atom is 0.272 e. The number of fused-ring (bicyclic) bond motifs is 1. The number of carbonyl (C=O) groups is 1. The van der Waals surface area contributed by atoms with E-state index in [1.54, 1.807) is 6.20 Å². The van der Waals surface area contributed by atoms with Crippen molar-refractivity contribution in [1.82, 2.24) is 19.7 Å². The number of nitrogens with zero attached hydrogens (tertiary/aromatic N) is 3. The SMILES string of the molecule is CC1(CNC(=O)c2nc(Cc3cccnc3)n3ccccc23)CCCO1. The van der Waals surface area contributed by atoms with Crippen LogP contribution in [-0.4, -0.2) is 39.0 Å². The zero-order chi connectivity index (χ0) is 18.0. The van der Waals surface area contributed by atoms with Crippen molar-refractivity contribution in [3.8, 4) is 0 Å². The summed E-state index contributed by atoms with van der Waals surface area (Å²) < 4.78 is 7.72. The Labute approximate surface area is 152 Å². The second-order valence-corrected chi connectivity index (χ2v) is 6.96. The molecule has 1 fully saturated rings. The molecule has 1 aliphatic rings. The van der Waals surface area contributed by atoms with Crippen LogP contribution in [0.15, 0.2) is 48.9 Å². The number of carbonyl (C=O) groups excluding carboxylic acids is 1. The molecule has 6 heteroatoms. The van der Waals surface area contributed by atoms with Gasteiger partial charge in [-0.25, -0.2) is 4.98 Å². The smallest absolute Gasteiger partial charge is 0.272 e. The Hall–Kier alpha value is -2.73. The Bertz CT molecular complexity index is 914. The first kappa shape index (κ1) is 16.7. The van der Waals surface area contributed by atoms with E-state index in [-0.39, 0.29) is 11.5 Å². The van der Waals surface area contributed by atoms with Crippen molar-refractivity contribution in [2.24, 2.45) is 0 Å². The van der Waals surface area contributed by atoms with E-state index >= 15 is 0 Å². The van der Waals surface area contributed by atoms with Crippen LogP contribution in [0.3, 0.4) is 0 Å². The Morgan fingerprint density at radius 2 is 2.27 bits per heavy atom. The maximum atomic E-state index is 12.8. The van der Waals surface area contributed by atoms with Crippen molar-refractivity contribution in [2.45, 2.75) is 31.8 Å². The highest BCUT2D eigenvalue weighted by atomic mass is 16.5. The Morgan fingerprint density at radius 3 is 3.04 bits per heavy atom. The van der Waals surface area contributed by atoms with E-state index in [0.717, 1.165) is 36.4 Å². The monoisotopic (exact) mass is 350 g/mol. The summed E-state index contributed by atoms with van der Waals surface area (Å²) in [5.41, 5.74) is 2.04. The Balaban J connectivity index is 1.59. The first-order valence-electron chi connectivity index (χ1n) is 8.92. The molecule has 134 valence electrons. The lowest BCUT2D eigenvalue weighted by Gasteiger charge is -2.23. The first-order chi connectivity index (χ1) is 12.6. The molecule has 0 saturated carbocycles. The number of hydrogen-bond donors (Lipinski definition) is 1. The van der Waals surface area contributed by atoms with Gasteiger partial charge >= 0.3 is 0 Å². The summed E-state index contributed by atoms with van der Waals surface area (Å²) in [7, 11) is 0. The zero-order valence-corrected chi connectivity index (χ0v) is 14.8. The van der Waals surface area contributed by atoms with Crippen molar-refractivity contribution in [3.05, 3.63) is 66.0 Å².